The highest BCUT2D eigenvalue weighted by Crippen LogP contribution is 2.38. The maximum absolute atomic E-state index is 15.4. The van der Waals surface area contributed by atoms with Gasteiger partial charge in [0.2, 0.25) is 0 Å². The fourth-order valence-electron chi connectivity index (χ4n) is 4.41. The van der Waals surface area contributed by atoms with E-state index in [4.69, 9.17) is 0 Å². The van der Waals surface area contributed by atoms with Crippen molar-refractivity contribution < 1.29 is 9.50 Å². The molecule has 0 spiro atoms. The van der Waals surface area contributed by atoms with Crippen molar-refractivity contribution in [2.45, 2.75) is 30.8 Å². The van der Waals surface area contributed by atoms with Gasteiger partial charge in [-0.25, -0.2) is 4.39 Å². The molecule has 0 saturated carbocycles. The molecule has 0 atom stereocenters. The third-order valence-corrected chi connectivity index (χ3v) is 6.15. The number of phenolic OH excluding ortho intramolecular Hbond substituents is 1. The summed E-state index contributed by atoms with van der Waals surface area (Å²) >= 11 is 0. The molecule has 0 amide bonds. The Bertz CT molecular complexity index is 865. The number of alkyl halides is 1. The monoisotopic (exact) mass is 389 g/mol. The van der Waals surface area contributed by atoms with Crippen molar-refractivity contribution in [1.29, 1.82) is 0 Å². The highest BCUT2D eigenvalue weighted by atomic mass is 19.1. The number of benzene rings is 3. The fourth-order valence-corrected chi connectivity index (χ4v) is 4.41. The number of phenols is 1. The van der Waals surface area contributed by atoms with Crippen molar-refractivity contribution >= 4 is 0 Å². The van der Waals surface area contributed by atoms with Crippen molar-refractivity contribution in [2.75, 3.05) is 19.6 Å². The minimum Gasteiger partial charge on any atom is -0.508 e. The molecule has 1 N–H and O–H groups in total. The summed E-state index contributed by atoms with van der Waals surface area (Å²) in [6.07, 6.45) is 1.95. The van der Waals surface area contributed by atoms with Gasteiger partial charge >= 0.3 is 0 Å². The Balaban J connectivity index is 1.41. The molecule has 0 bridgehead atoms. The SMILES string of the molecule is Oc1cccc(C2(F)CCN(CCC(c3ccccc3)c3ccccc3)CC2)c1. The normalized spacial score (nSPS) is 16.8. The molecule has 0 aliphatic carbocycles. The van der Waals surface area contributed by atoms with Crippen LogP contribution in [0.3, 0.4) is 0 Å². The molecular formula is C26H28FNO. The number of likely N-dealkylation sites (tertiary alicyclic amines) is 1. The van der Waals surface area contributed by atoms with Gasteiger partial charge < -0.3 is 10.0 Å². The van der Waals surface area contributed by atoms with E-state index in [1.807, 2.05) is 0 Å². The second kappa shape index (κ2) is 8.79. The van der Waals surface area contributed by atoms with Crippen LogP contribution in [0.25, 0.3) is 0 Å². The van der Waals surface area contributed by atoms with Crippen LogP contribution in [0.1, 0.15) is 41.9 Å². The Labute approximate surface area is 172 Å². The number of rotatable bonds is 6. The second-order valence-corrected chi connectivity index (χ2v) is 8.02. The lowest BCUT2D eigenvalue weighted by Gasteiger charge is -2.37. The van der Waals surface area contributed by atoms with Crippen molar-refractivity contribution in [2.24, 2.45) is 0 Å². The molecule has 1 aliphatic heterocycles. The van der Waals surface area contributed by atoms with E-state index in [0.717, 1.165) is 26.1 Å². The summed E-state index contributed by atoms with van der Waals surface area (Å²) in [5.74, 6) is 0.482. The molecule has 0 unspecified atom stereocenters. The molecule has 29 heavy (non-hydrogen) atoms. The van der Waals surface area contributed by atoms with Crippen molar-refractivity contribution in [3.8, 4) is 5.75 Å². The Morgan fingerprint density at radius 1 is 0.828 bits per heavy atom. The highest BCUT2D eigenvalue weighted by Gasteiger charge is 2.36. The second-order valence-electron chi connectivity index (χ2n) is 8.02. The van der Waals surface area contributed by atoms with E-state index in [0.29, 0.717) is 24.3 Å². The largest absolute Gasteiger partial charge is 0.508 e. The zero-order valence-electron chi connectivity index (χ0n) is 16.7. The molecule has 1 saturated heterocycles. The number of hydrogen-bond donors (Lipinski definition) is 1. The number of piperidine rings is 1. The van der Waals surface area contributed by atoms with Gasteiger partial charge in [-0.2, -0.15) is 0 Å². The molecule has 0 radical (unpaired) electrons. The summed E-state index contributed by atoms with van der Waals surface area (Å²) in [6, 6.07) is 28.0. The predicted molar refractivity (Wildman–Crippen MR) is 116 cm³/mol. The van der Waals surface area contributed by atoms with Crippen LogP contribution in [0.2, 0.25) is 0 Å². The molecule has 4 rings (SSSR count). The lowest BCUT2D eigenvalue weighted by atomic mass is 9.85. The van der Waals surface area contributed by atoms with E-state index in [2.05, 4.69) is 65.6 Å². The van der Waals surface area contributed by atoms with E-state index >= 15 is 4.39 Å². The number of aromatic hydroxyl groups is 1. The highest BCUT2D eigenvalue weighted by molar-refractivity contribution is 5.33. The van der Waals surface area contributed by atoms with E-state index in [1.165, 1.54) is 11.1 Å². The Kier molecular flexibility index (Phi) is 5.96. The smallest absolute Gasteiger partial charge is 0.138 e. The van der Waals surface area contributed by atoms with Gasteiger partial charge in [-0.15, -0.1) is 0 Å². The van der Waals surface area contributed by atoms with Crippen LogP contribution in [0.4, 0.5) is 4.39 Å². The first kappa shape index (κ1) is 19.7. The molecule has 3 aromatic rings. The first-order chi connectivity index (χ1) is 14.1. The molecule has 150 valence electrons. The predicted octanol–water partition coefficient (Wildman–Crippen LogP) is 5.88. The molecule has 3 heteroatoms. The van der Waals surface area contributed by atoms with Gasteiger partial charge in [0.05, 0.1) is 0 Å². The van der Waals surface area contributed by atoms with Gasteiger partial charge in [0.15, 0.2) is 0 Å². The van der Waals surface area contributed by atoms with Crippen LogP contribution >= 0.6 is 0 Å². The summed E-state index contributed by atoms with van der Waals surface area (Å²) < 4.78 is 15.4. The summed E-state index contributed by atoms with van der Waals surface area (Å²) in [5, 5.41) is 9.69. The lowest BCUT2D eigenvalue weighted by Crippen LogP contribution is -2.40. The molecule has 3 aromatic carbocycles. The molecule has 1 aliphatic rings. The van der Waals surface area contributed by atoms with Gasteiger partial charge in [-0.3, -0.25) is 0 Å². The van der Waals surface area contributed by atoms with Crippen LogP contribution in [-0.2, 0) is 5.67 Å². The van der Waals surface area contributed by atoms with E-state index in [-0.39, 0.29) is 5.75 Å². The third kappa shape index (κ3) is 4.68. The molecule has 2 nitrogen and oxygen atoms in total. The average molecular weight is 390 g/mol. The summed E-state index contributed by atoms with van der Waals surface area (Å²) in [4.78, 5) is 2.37. The molecule has 1 heterocycles. The van der Waals surface area contributed by atoms with Crippen molar-refractivity contribution in [1.82, 2.24) is 4.90 Å². The first-order valence-electron chi connectivity index (χ1n) is 10.4. The Hall–Kier alpha value is -2.65. The summed E-state index contributed by atoms with van der Waals surface area (Å²) in [6.45, 7) is 2.43. The third-order valence-electron chi connectivity index (χ3n) is 6.15. The zero-order chi connectivity index (χ0) is 20.1. The summed E-state index contributed by atoms with van der Waals surface area (Å²) in [7, 11) is 0. The number of hydrogen-bond acceptors (Lipinski definition) is 2. The Morgan fingerprint density at radius 2 is 1.41 bits per heavy atom. The lowest BCUT2D eigenvalue weighted by molar-refractivity contribution is 0.0549. The topological polar surface area (TPSA) is 23.5 Å². The van der Waals surface area contributed by atoms with E-state index < -0.39 is 5.67 Å². The van der Waals surface area contributed by atoms with E-state index in [1.54, 1.807) is 24.3 Å². The van der Waals surface area contributed by atoms with Crippen molar-refractivity contribution in [3.05, 3.63) is 102 Å². The van der Waals surface area contributed by atoms with E-state index in [9.17, 15) is 5.11 Å². The van der Waals surface area contributed by atoms with Crippen molar-refractivity contribution in [3.63, 3.8) is 0 Å². The Morgan fingerprint density at radius 3 is 1.97 bits per heavy atom. The van der Waals surface area contributed by atoms with Gasteiger partial charge in [-0.05, 0) is 54.6 Å². The molecule has 0 aromatic heterocycles. The van der Waals surface area contributed by atoms with Gasteiger partial charge in [0, 0.05) is 19.0 Å². The minimum absolute atomic E-state index is 0.135. The minimum atomic E-state index is -1.34. The fraction of sp³-hybridized carbons (Fsp3) is 0.308. The molecular weight excluding hydrogens is 361 g/mol. The summed E-state index contributed by atoms with van der Waals surface area (Å²) in [5.41, 5.74) is 1.92. The maximum atomic E-state index is 15.4. The molecule has 1 fully saturated rings. The van der Waals surface area contributed by atoms with Gasteiger partial charge in [0.25, 0.3) is 0 Å². The zero-order valence-corrected chi connectivity index (χ0v) is 16.7. The maximum Gasteiger partial charge on any atom is 0.138 e. The van der Waals surface area contributed by atoms with Crippen LogP contribution in [0.5, 0.6) is 5.75 Å². The standard InChI is InChI=1S/C26H28FNO/c27-26(23-12-7-13-24(29)20-23)15-18-28(19-16-26)17-14-25(21-8-3-1-4-9-21)22-10-5-2-6-11-22/h1-13,20,25,29H,14-19H2. The van der Waals surface area contributed by atoms with Gasteiger partial charge in [0.1, 0.15) is 11.4 Å². The number of nitrogens with zero attached hydrogens (tertiary/aromatic N) is 1. The van der Waals surface area contributed by atoms with Gasteiger partial charge in [-0.1, -0.05) is 72.8 Å². The van der Waals surface area contributed by atoms with Crippen LogP contribution in [-0.4, -0.2) is 29.6 Å². The average Bonchev–Trinajstić information content (AvgIpc) is 2.77. The van der Waals surface area contributed by atoms with Crippen LogP contribution in [0.15, 0.2) is 84.9 Å². The van der Waals surface area contributed by atoms with Crippen LogP contribution in [0, 0.1) is 0 Å². The quantitative estimate of drug-likeness (QED) is 0.569. The number of halogens is 1. The van der Waals surface area contributed by atoms with Crippen LogP contribution < -0.4 is 0 Å². The first-order valence-corrected chi connectivity index (χ1v) is 10.4.